The maximum absolute atomic E-state index is 12.8. The zero-order valence-corrected chi connectivity index (χ0v) is 17.9. The molecular weight excluding hydrogens is 440 g/mol. The largest absolute Gasteiger partial charge is 0.467 e. The first kappa shape index (κ1) is 19.3. The van der Waals surface area contributed by atoms with Gasteiger partial charge < -0.3 is 9.32 Å². The van der Waals surface area contributed by atoms with Crippen LogP contribution in [0.5, 0.6) is 0 Å². The summed E-state index contributed by atoms with van der Waals surface area (Å²) in [5.74, 6) is 1.77. The van der Waals surface area contributed by atoms with Gasteiger partial charge in [0.05, 0.1) is 18.1 Å². The number of anilines is 1. The van der Waals surface area contributed by atoms with Gasteiger partial charge >= 0.3 is 0 Å². The summed E-state index contributed by atoms with van der Waals surface area (Å²) in [6.45, 7) is 4.42. The Balaban J connectivity index is 1.57. The third-order valence-electron chi connectivity index (χ3n) is 4.76. The van der Waals surface area contributed by atoms with Crippen molar-refractivity contribution in [3.05, 3.63) is 58.5 Å². The smallest absolute Gasteiger partial charge is 0.228 e. The normalized spacial score (nSPS) is 15.1. The highest BCUT2D eigenvalue weighted by Gasteiger charge is 2.25. The molecule has 0 amide bonds. The number of halogens is 1. The second-order valence-corrected chi connectivity index (χ2v) is 9.00. The van der Waals surface area contributed by atoms with Crippen LogP contribution in [-0.4, -0.2) is 38.9 Å². The van der Waals surface area contributed by atoms with E-state index in [0.29, 0.717) is 12.1 Å². The Labute approximate surface area is 176 Å². The minimum absolute atomic E-state index is 0.0766. The topological polar surface area (TPSA) is 64.2 Å². The first-order valence-corrected chi connectivity index (χ1v) is 11.0. The number of aromatic nitrogens is 3. The van der Waals surface area contributed by atoms with Crippen LogP contribution < -0.4 is 4.90 Å². The minimum Gasteiger partial charge on any atom is -0.467 e. The lowest BCUT2D eigenvalue weighted by atomic mass is 10.1. The predicted octanol–water partition coefficient (Wildman–Crippen LogP) is 4.65. The fraction of sp³-hybridized carbons (Fsp3) is 0.350. The molecule has 1 aromatic carbocycles. The first-order chi connectivity index (χ1) is 13.6. The number of rotatable bonds is 7. The molecule has 0 N–H and O–H groups in total. The molecule has 1 unspecified atom stereocenters. The van der Waals surface area contributed by atoms with Gasteiger partial charge in [-0.05, 0) is 44.0 Å². The van der Waals surface area contributed by atoms with Gasteiger partial charge in [-0.25, -0.2) is 0 Å². The Morgan fingerprint density at radius 1 is 1.21 bits per heavy atom. The van der Waals surface area contributed by atoms with Gasteiger partial charge in [-0.3, -0.25) is 9.36 Å². The van der Waals surface area contributed by atoms with Gasteiger partial charge in [-0.2, -0.15) is 0 Å². The second kappa shape index (κ2) is 8.53. The Hall–Kier alpha value is -2.06. The highest BCUT2D eigenvalue weighted by Crippen LogP contribution is 2.30. The van der Waals surface area contributed by atoms with Gasteiger partial charge in [0.2, 0.25) is 5.95 Å². The number of benzene rings is 1. The number of furan rings is 1. The summed E-state index contributed by atoms with van der Waals surface area (Å²) in [5.41, 5.74) is 0.695. The van der Waals surface area contributed by atoms with Crippen molar-refractivity contribution in [3.8, 4) is 0 Å². The molecule has 0 saturated carbocycles. The van der Waals surface area contributed by atoms with Crippen molar-refractivity contribution >= 4 is 39.4 Å². The van der Waals surface area contributed by atoms with Crippen LogP contribution >= 0.6 is 27.7 Å². The van der Waals surface area contributed by atoms with Gasteiger partial charge in [0.1, 0.15) is 5.76 Å². The van der Waals surface area contributed by atoms with Crippen LogP contribution in [0.4, 0.5) is 5.95 Å². The van der Waals surface area contributed by atoms with Crippen LogP contribution in [0.3, 0.4) is 0 Å². The van der Waals surface area contributed by atoms with Crippen molar-refractivity contribution in [1.29, 1.82) is 0 Å². The third-order valence-corrected chi connectivity index (χ3v) is 6.37. The fourth-order valence-corrected chi connectivity index (χ4v) is 4.46. The maximum atomic E-state index is 12.8. The van der Waals surface area contributed by atoms with E-state index in [1.807, 2.05) is 43.3 Å². The molecule has 1 aliphatic rings. The molecule has 8 heteroatoms. The molecule has 3 aromatic rings. The summed E-state index contributed by atoms with van der Waals surface area (Å²) in [6.07, 6.45) is 3.99. The van der Waals surface area contributed by atoms with Crippen molar-refractivity contribution in [2.45, 2.75) is 36.7 Å². The van der Waals surface area contributed by atoms with E-state index in [1.54, 1.807) is 6.26 Å². The molecule has 2 aromatic heterocycles. The van der Waals surface area contributed by atoms with Crippen LogP contribution in [-0.2, 0) is 6.54 Å². The molecule has 6 nitrogen and oxygen atoms in total. The average Bonchev–Trinajstić information content (AvgIpc) is 3.45. The molecule has 1 fully saturated rings. The van der Waals surface area contributed by atoms with Crippen molar-refractivity contribution < 1.29 is 9.21 Å². The maximum Gasteiger partial charge on any atom is 0.228 e. The van der Waals surface area contributed by atoms with Gasteiger partial charge in [-0.15, -0.1) is 10.2 Å². The van der Waals surface area contributed by atoms with Gasteiger partial charge in [0.15, 0.2) is 10.9 Å². The lowest BCUT2D eigenvalue weighted by Gasteiger charge is -2.18. The molecule has 1 saturated heterocycles. The number of thioether (sulfide) groups is 1. The van der Waals surface area contributed by atoms with Crippen molar-refractivity contribution in [2.24, 2.45) is 0 Å². The van der Waals surface area contributed by atoms with Crippen molar-refractivity contribution in [3.63, 3.8) is 0 Å². The van der Waals surface area contributed by atoms with E-state index in [9.17, 15) is 4.79 Å². The minimum atomic E-state index is -0.271. The summed E-state index contributed by atoms with van der Waals surface area (Å²) in [4.78, 5) is 15.1. The number of Topliss-reactive ketones (excluding diaryl/α,β-unsaturated/α-hetero) is 1. The standard InChI is InChI=1S/C20H21BrN4O2S/c1-14(18(26)15-6-8-16(21)9-7-15)28-20-23-22-19(24-10-2-3-11-24)25(20)13-17-5-4-12-27-17/h4-9,12,14H,2-3,10-11,13H2,1H3. The van der Waals surface area contributed by atoms with Gasteiger partial charge in [0.25, 0.3) is 0 Å². The molecular formula is C20H21BrN4O2S. The zero-order valence-electron chi connectivity index (χ0n) is 15.5. The van der Waals surface area contributed by atoms with Crippen LogP contribution in [0.15, 0.2) is 56.7 Å². The van der Waals surface area contributed by atoms with Gasteiger partial charge in [0, 0.05) is 23.1 Å². The van der Waals surface area contributed by atoms with Crippen molar-refractivity contribution in [1.82, 2.24) is 14.8 Å². The highest BCUT2D eigenvalue weighted by molar-refractivity contribution is 9.10. The van der Waals surface area contributed by atoms with E-state index < -0.39 is 0 Å². The highest BCUT2D eigenvalue weighted by atomic mass is 79.9. The van der Waals surface area contributed by atoms with E-state index in [2.05, 4.69) is 35.6 Å². The molecule has 0 bridgehead atoms. The average molecular weight is 461 g/mol. The number of hydrogen-bond acceptors (Lipinski definition) is 6. The van der Waals surface area contributed by atoms with Crippen LogP contribution in [0.2, 0.25) is 0 Å². The molecule has 1 atom stereocenters. The Kier molecular flexibility index (Phi) is 5.87. The molecule has 4 rings (SSSR count). The molecule has 1 aliphatic heterocycles. The second-order valence-electron chi connectivity index (χ2n) is 6.77. The van der Waals surface area contributed by atoms with E-state index in [1.165, 1.54) is 11.8 Å². The van der Waals surface area contributed by atoms with Crippen LogP contribution in [0.25, 0.3) is 0 Å². The lowest BCUT2D eigenvalue weighted by molar-refractivity contribution is 0.0994. The number of carbonyl (C=O) groups is 1. The van der Waals surface area contributed by atoms with E-state index >= 15 is 0 Å². The molecule has 0 spiro atoms. The fourth-order valence-electron chi connectivity index (χ4n) is 3.28. The Morgan fingerprint density at radius 3 is 2.64 bits per heavy atom. The van der Waals surface area contributed by atoms with E-state index in [0.717, 1.165) is 47.3 Å². The number of ketones is 1. The lowest BCUT2D eigenvalue weighted by Crippen LogP contribution is -2.23. The third kappa shape index (κ3) is 4.17. The van der Waals surface area contributed by atoms with E-state index in [-0.39, 0.29) is 11.0 Å². The summed E-state index contributed by atoms with van der Waals surface area (Å²) in [5, 5.41) is 9.30. The molecule has 3 heterocycles. The van der Waals surface area contributed by atoms with Gasteiger partial charge in [-0.1, -0.05) is 39.8 Å². The predicted molar refractivity (Wildman–Crippen MR) is 113 cm³/mol. The molecule has 28 heavy (non-hydrogen) atoms. The quantitative estimate of drug-likeness (QED) is 0.377. The monoisotopic (exact) mass is 460 g/mol. The van der Waals surface area contributed by atoms with Crippen LogP contribution in [0.1, 0.15) is 35.9 Å². The van der Waals surface area contributed by atoms with Crippen molar-refractivity contribution in [2.75, 3.05) is 18.0 Å². The van der Waals surface area contributed by atoms with Crippen LogP contribution in [0, 0.1) is 0 Å². The molecule has 146 valence electrons. The summed E-state index contributed by atoms with van der Waals surface area (Å²) >= 11 is 4.84. The zero-order chi connectivity index (χ0) is 19.5. The Morgan fingerprint density at radius 2 is 1.96 bits per heavy atom. The number of carbonyl (C=O) groups excluding carboxylic acids is 1. The summed E-state index contributed by atoms with van der Waals surface area (Å²) < 4.78 is 8.55. The SMILES string of the molecule is CC(Sc1nnc(N2CCCC2)n1Cc1ccco1)C(=O)c1ccc(Br)cc1. The summed E-state index contributed by atoms with van der Waals surface area (Å²) in [6, 6.07) is 11.3. The number of nitrogens with zero attached hydrogens (tertiary/aromatic N) is 4. The first-order valence-electron chi connectivity index (χ1n) is 9.29. The molecule has 0 radical (unpaired) electrons. The van der Waals surface area contributed by atoms with E-state index in [4.69, 9.17) is 4.42 Å². The summed E-state index contributed by atoms with van der Waals surface area (Å²) in [7, 11) is 0. The number of hydrogen-bond donors (Lipinski definition) is 0. The molecule has 0 aliphatic carbocycles. The Bertz CT molecular complexity index is 934.